The summed E-state index contributed by atoms with van der Waals surface area (Å²) in [6, 6.07) is 25.5. The van der Waals surface area contributed by atoms with Crippen molar-refractivity contribution in [3.8, 4) is 0 Å². The maximum absolute atomic E-state index is 13.3. The molecule has 0 heterocycles. The standard InChI is InChI=1S/C27H29N3O4/c31-25(29-34)15-9-1-2-10-20-28-26(32)21-16-18-24(19-17-21)30(23-13-7-4-8-14-23)27(33)22-11-5-3-6-12-22/h3-8,11-14,16-19,34H,1-2,9-10,15,20H2,(H,28,32)(H,29,31). The van der Waals surface area contributed by atoms with Crippen LogP contribution in [0.15, 0.2) is 84.9 Å². The summed E-state index contributed by atoms with van der Waals surface area (Å²) in [6.45, 7) is 0.537. The van der Waals surface area contributed by atoms with Crippen LogP contribution < -0.4 is 15.7 Å². The summed E-state index contributed by atoms with van der Waals surface area (Å²) in [5.41, 5.74) is 4.12. The van der Waals surface area contributed by atoms with E-state index in [9.17, 15) is 14.4 Å². The number of carbonyl (C=O) groups excluding carboxylic acids is 3. The lowest BCUT2D eigenvalue weighted by Crippen LogP contribution is -2.26. The van der Waals surface area contributed by atoms with Crippen LogP contribution in [-0.4, -0.2) is 29.5 Å². The van der Waals surface area contributed by atoms with Crippen LogP contribution in [0.2, 0.25) is 0 Å². The van der Waals surface area contributed by atoms with Crippen molar-refractivity contribution in [1.29, 1.82) is 0 Å². The van der Waals surface area contributed by atoms with Gasteiger partial charge in [-0.05, 0) is 61.4 Å². The molecule has 176 valence electrons. The maximum atomic E-state index is 13.3. The number of unbranched alkanes of at least 4 members (excludes halogenated alkanes) is 3. The van der Waals surface area contributed by atoms with Crippen LogP contribution in [0.3, 0.4) is 0 Å². The molecule has 34 heavy (non-hydrogen) atoms. The van der Waals surface area contributed by atoms with Crippen LogP contribution in [0.1, 0.15) is 52.8 Å². The highest BCUT2D eigenvalue weighted by Crippen LogP contribution is 2.27. The first kappa shape index (κ1) is 24.7. The van der Waals surface area contributed by atoms with Gasteiger partial charge in [0.1, 0.15) is 0 Å². The number of benzene rings is 3. The van der Waals surface area contributed by atoms with Crippen LogP contribution in [0.25, 0.3) is 0 Å². The van der Waals surface area contributed by atoms with E-state index in [0.29, 0.717) is 36.2 Å². The van der Waals surface area contributed by atoms with E-state index in [2.05, 4.69) is 5.32 Å². The van der Waals surface area contributed by atoms with Crippen molar-refractivity contribution in [2.45, 2.75) is 32.1 Å². The van der Waals surface area contributed by atoms with Gasteiger partial charge in [-0.25, -0.2) is 5.48 Å². The Morgan fingerprint density at radius 2 is 1.26 bits per heavy atom. The molecule has 3 N–H and O–H groups in total. The number of amides is 3. The minimum absolute atomic E-state index is 0.152. The normalized spacial score (nSPS) is 10.4. The molecule has 0 spiro atoms. The van der Waals surface area contributed by atoms with E-state index in [0.717, 1.165) is 24.9 Å². The number of rotatable bonds is 11. The van der Waals surface area contributed by atoms with E-state index in [1.54, 1.807) is 46.8 Å². The number of hydrogen-bond donors (Lipinski definition) is 3. The van der Waals surface area contributed by atoms with E-state index in [4.69, 9.17) is 5.21 Å². The van der Waals surface area contributed by atoms with Crippen LogP contribution in [0.4, 0.5) is 11.4 Å². The highest BCUT2D eigenvalue weighted by Gasteiger charge is 2.20. The predicted molar refractivity (Wildman–Crippen MR) is 131 cm³/mol. The summed E-state index contributed by atoms with van der Waals surface area (Å²) < 4.78 is 0. The van der Waals surface area contributed by atoms with E-state index in [-0.39, 0.29) is 17.7 Å². The second-order valence-electron chi connectivity index (χ2n) is 7.84. The third-order valence-electron chi connectivity index (χ3n) is 5.37. The molecule has 0 saturated carbocycles. The SMILES string of the molecule is O=C(CCCCCCNC(=O)c1ccc(N(C(=O)c2ccccc2)c2ccccc2)cc1)NO. The highest BCUT2D eigenvalue weighted by atomic mass is 16.5. The lowest BCUT2D eigenvalue weighted by Gasteiger charge is -2.23. The molecule has 0 radical (unpaired) electrons. The Balaban J connectivity index is 1.60. The van der Waals surface area contributed by atoms with Gasteiger partial charge in [-0.2, -0.15) is 0 Å². The number of hydrogen-bond acceptors (Lipinski definition) is 4. The van der Waals surface area contributed by atoms with E-state index < -0.39 is 0 Å². The van der Waals surface area contributed by atoms with Gasteiger partial charge in [0.25, 0.3) is 11.8 Å². The summed E-state index contributed by atoms with van der Waals surface area (Å²) in [7, 11) is 0. The van der Waals surface area contributed by atoms with Gasteiger partial charge in [-0.1, -0.05) is 49.2 Å². The van der Waals surface area contributed by atoms with Crippen LogP contribution in [0, 0.1) is 0 Å². The molecule has 0 aliphatic rings. The zero-order valence-corrected chi connectivity index (χ0v) is 18.9. The highest BCUT2D eigenvalue weighted by molar-refractivity contribution is 6.11. The Labute approximate surface area is 199 Å². The fourth-order valence-corrected chi connectivity index (χ4v) is 3.56. The number of nitrogens with zero attached hydrogens (tertiary/aromatic N) is 1. The van der Waals surface area contributed by atoms with Crippen molar-refractivity contribution in [3.05, 3.63) is 96.1 Å². The first-order chi connectivity index (χ1) is 16.6. The molecule has 0 fully saturated rings. The van der Waals surface area contributed by atoms with Gasteiger partial charge in [0.2, 0.25) is 5.91 Å². The fraction of sp³-hybridized carbons (Fsp3) is 0.222. The molecule has 0 aliphatic heterocycles. The average molecular weight is 460 g/mol. The first-order valence-electron chi connectivity index (χ1n) is 11.4. The van der Waals surface area contributed by atoms with Crippen molar-refractivity contribution in [3.63, 3.8) is 0 Å². The van der Waals surface area contributed by atoms with Crippen LogP contribution >= 0.6 is 0 Å². The summed E-state index contributed by atoms with van der Waals surface area (Å²) in [6.07, 6.45) is 3.52. The number of hydroxylamine groups is 1. The fourth-order valence-electron chi connectivity index (χ4n) is 3.56. The molecule has 0 aliphatic carbocycles. The minimum Gasteiger partial charge on any atom is -0.352 e. The smallest absolute Gasteiger partial charge is 0.262 e. The molecule has 3 aromatic rings. The van der Waals surface area contributed by atoms with E-state index in [1.165, 1.54) is 0 Å². The molecule has 0 atom stereocenters. The lowest BCUT2D eigenvalue weighted by molar-refractivity contribution is -0.129. The Kier molecular flexibility index (Phi) is 9.37. The molecule has 0 bridgehead atoms. The lowest BCUT2D eigenvalue weighted by atomic mass is 10.1. The molecule has 7 nitrogen and oxygen atoms in total. The molecule has 3 aromatic carbocycles. The number of para-hydroxylation sites is 1. The number of anilines is 2. The second-order valence-corrected chi connectivity index (χ2v) is 7.84. The van der Waals surface area contributed by atoms with Gasteiger partial charge in [-0.3, -0.25) is 24.5 Å². The predicted octanol–water partition coefficient (Wildman–Crippen LogP) is 4.85. The Hall–Kier alpha value is -3.97. The van der Waals surface area contributed by atoms with Gasteiger partial charge >= 0.3 is 0 Å². The van der Waals surface area contributed by atoms with Gasteiger partial charge in [0.05, 0.1) is 0 Å². The van der Waals surface area contributed by atoms with Crippen molar-refractivity contribution < 1.29 is 19.6 Å². The molecule has 7 heteroatoms. The van der Waals surface area contributed by atoms with Gasteiger partial charge in [0.15, 0.2) is 0 Å². The minimum atomic E-state index is -0.381. The molecule has 3 amide bonds. The summed E-state index contributed by atoms with van der Waals surface area (Å²) in [4.78, 5) is 38.4. The average Bonchev–Trinajstić information content (AvgIpc) is 2.89. The van der Waals surface area contributed by atoms with Crippen LogP contribution in [-0.2, 0) is 4.79 Å². The van der Waals surface area contributed by atoms with Crippen molar-refractivity contribution in [2.24, 2.45) is 0 Å². The van der Waals surface area contributed by atoms with Gasteiger partial charge in [-0.15, -0.1) is 0 Å². The zero-order valence-electron chi connectivity index (χ0n) is 18.9. The number of nitrogens with one attached hydrogen (secondary N) is 2. The zero-order chi connectivity index (χ0) is 24.2. The van der Waals surface area contributed by atoms with Crippen molar-refractivity contribution >= 4 is 29.1 Å². The van der Waals surface area contributed by atoms with E-state index in [1.807, 2.05) is 48.5 Å². The Bertz CT molecular complexity index is 1070. The molecular weight excluding hydrogens is 430 g/mol. The topological polar surface area (TPSA) is 98.7 Å². The molecular formula is C27H29N3O4. The van der Waals surface area contributed by atoms with Gasteiger partial charge < -0.3 is 5.32 Å². The molecule has 0 aromatic heterocycles. The summed E-state index contributed by atoms with van der Waals surface area (Å²) in [5, 5.41) is 11.4. The first-order valence-corrected chi connectivity index (χ1v) is 11.4. The Morgan fingerprint density at radius 3 is 1.91 bits per heavy atom. The third-order valence-corrected chi connectivity index (χ3v) is 5.37. The Morgan fingerprint density at radius 1 is 0.676 bits per heavy atom. The number of carbonyl (C=O) groups is 3. The third kappa shape index (κ3) is 7.02. The van der Waals surface area contributed by atoms with Crippen molar-refractivity contribution in [1.82, 2.24) is 10.8 Å². The largest absolute Gasteiger partial charge is 0.352 e. The second kappa shape index (κ2) is 12.9. The maximum Gasteiger partial charge on any atom is 0.262 e. The monoisotopic (exact) mass is 459 g/mol. The molecule has 0 unspecified atom stereocenters. The quantitative estimate of drug-likeness (QED) is 0.217. The van der Waals surface area contributed by atoms with Crippen molar-refractivity contribution in [2.75, 3.05) is 11.4 Å². The summed E-state index contributed by atoms with van der Waals surface area (Å²) in [5.74, 6) is -0.708. The summed E-state index contributed by atoms with van der Waals surface area (Å²) >= 11 is 0. The van der Waals surface area contributed by atoms with E-state index >= 15 is 0 Å². The van der Waals surface area contributed by atoms with Gasteiger partial charge in [0, 0.05) is 35.5 Å². The molecule has 3 rings (SSSR count). The molecule has 0 saturated heterocycles. The van der Waals surface area contributed by atoms with Crippen LogP contribution in [0.5, 0.6) is 0 Å².